The molecule has 0 aromatic heterocycles. The largest absolute Gasteiger partial charge is 0.289 e. The van der Waals surface area contributed by atoms with Gasteiger partial charge in [0.05, 0.1) is 0 Å². The van der Waals surface area contributed by atoms with E-state index in [-0.39, 0.29) is 5.91 Å². The second-order valence-electron chi connectivity index (χ2n) is 2.62. The molecule has 11 heavy (non-hydrogen) atoms. The van der Waals surface area contributed by atoms with Gasteiger partial charge in [-0.1, -0.05) is 33.1 Å². The van der Waals surface area contributed by atoms with Gasteiger partial charge in [-0.05, 0) is 12.8 Å². The van der Waals surface area contributed by atoms with E-state index in [0.717, 1.165) is 25.8 Å². The Kier molecular flexibility index (Phi) is 6.42. The predicted octanol–water partition coefficient (Wildman–Crippen LogP) is 2.26. The average Bonchev–Trinajstić information content (AvgIpc) is 2.00. The van der Waals surface area contributed by atoms with Crippen LogP contribution >= 0.6 is 12.8 Å². The minimum atomic E-state index is 0.143. The van der Waals surface area contributed by atoms with Gasteiger partial charge in [-0.2, -0.15) is 0 Å². The Morgan fingerprint density at radius 3 is 2.45 bits per heavy atom. The fourth-order valence-electron chi connectivity index (χ4n) is 0.776. The molecule has 0 spiro atoms. The van der Waals surface area contributed by atoms with Crippen LogP contribution in [0.25, 0.3) is 0 Å². The van der Waals surface area contributed by atoms with E-state index in [1.165, 1.54) is 4.31 Å². The summed E-state index contributed by atoms with van der Waals surface area (Å²) in [5.74, 6) is 0.143. The van der Waals surface area contributed by atoms with Gasteiger partial charge in [0.1, 0.15) is 0 Å². The minimum Gasteiger partial charge on any atom is -0.289 e. The van der Waals surface area contributed by atoms with Crippen molar-refractivity contribution in [3.63, 3.8) is 0 Å². The maximum Gasteiger partial charge on any atom is 0.232 e. The van der Waals surface area contributed by atoms with Crippen molar-refractivity contribution in [2.75, 3.05) is 6.54 Å². The molecule has 0 bridgehead atoms. The summed E-state index contributed by atoms with van der Waals surface area (Å²) in [6, 6.07) is 0. The highest BCUT2D eigenvalue weighted by Crippen LogP contribution is 2.02. The van der Waals surface area contributed by atoms with Gasteiger partial charge < -0.3 is 0 Å². The zero-order valence-electron chi connectivity index (χ0n) is 7.34. The van der Waals surface area contributed by atoms with E-state index in [9.17, 15) is 4.79 Å². The van der Waals surface area contributed by atoms with Gasteiger partial charge in [-0.25, -0.2) is 0 Å². The number of nitrogens with zero attached hydrogens (tertiary/aromatic N) is 1. The number of hydrogen-bond acceptors (Lipinski definition) is 2. The van der Waals surface area contributed by atoms with Gasteiger partial charge in [-0.3, -0.25) is 9.10 Å². The molecule has 3 heteroatoms. The van der Waals surface area contributed by atoms with Crippen molar-refractivity contribution in [3.8, 4) is 0 Å². The quantitative estimate of drug-likeness (QED) is 0.635. The Bertz CT molecular complexity index is 117. The molecule has 0 heterocycles. The molecule has 0 aromatic carbocycles. The van der Waals surface area contributed by atoms with Crippen LogP contribution in [0.5, 0.6) is 0 Å². The fourth-order valence-corrected chi connectivity index (χ4v) is 1.02. The number of hydrogen-bond donors (Lipinski definition) is 1. The molecule has 0 aliphatic rings. The van der Waals surface area contributed by atoms with Crippen molar-refractivity contribution < 1.29 is 4.79 Å². The lowest BCUT2D eigenvalue weighted by Gasteiger charge is -2.13. The Labute approximate surface area is 74.5 Å². The molecule has 0 unspecified atom stereocenters. The number of rotatable bonds is 5. The number of carbonyl (C=O) groups is 1. The Morgan fingerprint density at radius 1 is 1.36 bits per heavy atom. The van der Waals surface area contributed by atoms with Crippen LogP contribution in [0.3, 0.4) is 0 Å². The third-order valence-electron chi connectivity index (χ3n) is 1.48. The topological polar surface area (TPSA) is 20.3 Å². The number of carbonyl (C=O) groups excluding carboxylic acids is 1. The lowest BCUT2D eigenvalue weighted by molar-refractivity contribution is -0.126. The minimum absolute atomic E-state index is 0.143. The number of thiol groups is 1. The smallest absolute Gasteiger partial charge is 0.232 e. The first kappa shape index (κ1) is 10.8. The second-order valence-corrected chi connectivity index (χ2v) is 3.10. The van der Waals surface area contributed by atoms with Gasteiger partial charge in [0, 0.05) is 13.0 Å². The summed E-state index contributed by atoms with van der Waals surface area (Å²) in [5.41, 5.74) is 0. The van der Waals surface area contributed by atoms with E-state index < -0.39 is 0 Å². The molecule has 0 fully saturated rings. The first-order valence-corrected chi connectivity index (χ1v) is 4.61. The highest BCUT2D eigenvalue weighted by atomic mass is 32.1. The van der Waals surface area contributed by atoms with Crippen molar-refractivity contribution in [3.05, 3.63) is 0 Å². The van der Waals surface area contributed by atoms with Crippen molar-refractivity contribution >= 4 is 18.7 Å². The summed E-state index contributed by atoms with van der Waals surface area (Å²) >= 11 is 4.08. The molecule has 0 rings (SSSR count). The molecule has 66 valence electrons. The Hall–Kier alpha value is -0.180. The SMILES string of the molecule is CCCCN(S)C(=O)CCC. The van der Waals surface area contributed by atoms with Gasteiger partial charge in [-0.15, -0.1) is 0 Å². The molecule has 0 saturated carbocycles. The molecule has 0 aliphatic carbocycles. The van der Waals surface area contributed by atoms with E-state index in [1.54, 1.807) is 0 Å². The maximum absolute atomic E-state index is 11.1. The summed E-state index contributed by atoms with van der Waals surface area (Å²) in [5, 5.41) is 0. The number of amides is 1. The van der Waals surface area contributed by atoms with E-state index in [2.05, 4.69) is 19.7 Å². The molecule has 1 amide bonds. The van der Waals surface area contributed by atoms with Gasteiger partial charge in [0.2, 0.25) is 5.91 Å². The highest BCUT2D eigenvalue weighted by Gasteiger charge is 2.06. The van der Waals surface area contributed by atoms with Crippen LogP contribution in [0.2, 0.25) is 0 Å². The monoisotopic (exact) mass is 175 g/mol. The second kappa shape index (κ2) is 6.53. The lowest BCUT2D eigenvalue weighted by Crippen LogP contribution is -2.21. The van der Waals surface area contributed by atoms with Crippen LogP contribution in [-0.2, 0) is 4.79 Å². The van der Waals surface area contributed by atoms with Crippen molar-refractivity contribution in [1.82, 2.24) is 4.31 Å². The first-order valence-electron chi connectivity index (χ1n) is 4.21. The van der Waals surface area contributed by atoms with Crippen LogP contribution < -0.4 is 0 Å². The highest BCUT2D eigenvalue weighted by molar-refractivity contribution is 7.78. The van der Waals surface area contributed by atoms with Crippen LogP contribution in [-0.4, -0.2) is 16.8 Å². The molecule has 0 N–H and O–H groups in total. The molecule has 2 nitrogen and oxygen atoms in total. The van der Waals surface area contributed by atoms with Crippen LogP contribution in [0, 0.1) is 0 Å². The van der Waals surface area contributed by atoms with Gasteiger partial charge >= 0.3 is 0 Å². The summed E-state index contributed by atoms with van der Waals surface area (Å²) < 4.78 is 1.52. The van der Waals surface area contributed by atoms with E-state index in [1.807, 2.05) is 6.92 Å². The van der Waals surface area contributed by atoms with Crippen LogP contribution in [0.1, 0.15) is 39.5 Å². The van der Waals surface area contributed by atoms with Crippen molar-refractivity contribution in [1.29, 1.82) is 0 Å². The first-order chi connectivity index (χ1) is 5.22. The molecule has 0 atom stereocenters. The standard InChI is InChI=1S/C8H17NOS/c1-3-5-7-9(11)8(10)6-4-2/h11H,3-7H2,1-2H3. The fraction of sp³-hybridized carbons (Fsp3) is 0.875. The third-order valence-corrected chi connectivity index (χ3v) is 1.90. The van der Waals surface area contributed by atoms with Gasteiger partial charge in [0.25, 0.3) is 0 Å². The molecule has 0 radical (unpaired) electrons. The summed E-state index contributed by atoms with van der Waals surface area (Å²) in [4.78, 5) is 11.1. The zero-order chi connectivity index (χ0) is 8.69. The van der Waals surface area contributed by atoms with Crippen molar-refractivity contribution in [2.24, 2.45) is 0 Å². The summed E-state index contributed by atoms with van der Waals surface area (Å²) in [7, 11) is 0. The maximum atomic E-state index is 11.1. The normalized spacial score (nSPS) is 9.73. The predicted molar refractivity (Wildman–Crippen MR) is 50.5 cm³/mol. The third kappa shape index (κ3) is 5.13. The van der Waals surface area contributed by atoms with E-state index in [4.69, 9.17) is 0 Å². The molecular weight excluding hydrogens is 158 g/mol. The lowest BCUT2D eigenvalue weighted by atomic mass is 10.3. The summed E-state index contributed by atoms with van der Waals surface area (Å²) in [6.45, 7) is 4.88. The number of unbranched alkanes of at least 4 members (excludes halogenated alkanes) is 1. The van der Waals surface area contributed by atoms with Gasteiger partial charge in [0.15, 0.2) is 0 Å². The molecule has 0 saturated heterocycles. The summed E-state index contributed by atoms with van der Waals surface area (Å²) in [6.07, 6.45) is 3.67. The van der Waals surface area contributed by atoms with E-state index in [0.29, 0.717) is 6.42 Å². The molecule has 0 aromatic rings. The van der Waals surface area contributed by atoms with Crippen LogP contribution in [0.4, 0.5) is 0 Å². The molecule has 0 aliphatic heterocycles. The van der Waals surface area contributed by atoms with Crippen LogP contribution in [0.15, 0.2) is 0 Å². The van der Waals surface area contributed by atoms with E-state index >= 15 is 0 Å². The molecular formula is C8H17NOS. The van der Waals surface area contributed by atoms with Crippen molar-refractivity contribution in [2.45, 2.75) is 39.5 Å². The Balaban J connectivity index is 3.46. The average molecular weight is 175 g/mol. The Morgan fingerprint density at radius 2 is 2.00 bits per heavy atom. The zero-order valence-corrected chi connectivity index (χ0v) is 8.23.